The fraction of sp³-hybridized carbons (Fsp3) is 0.588. The van der Waals surface area contributed by atoms with Gasteiger partial charge in [0.05, 0.1) is 12.6 Å². The van der Waals surface area contributed by atoms with Gasteiger partial charge in [0, 0.05) is 5.92 Å². The summed E-state index contributed by atoms with van der Waals surface area (Å²) in [5.41, 5.74) is 1.15. The molecule has 3 nitrogen and oxygen atoms in total. The molecule has 4 unspecified atom stereocenters. The van der Waals surface area contributed by atoms with E-state index in [4.69, 9.17) is 0 Å². The summed E-state index contributed by atoms with van der Waals surface area (Å²) in [6, 6.07) is 9.86. The van der Waals surface area contributed by atoms with E-state index in [1.807, 2.05) is 30.3 Å². The molecule has 3 rings (SSSR count). The minimum absolute atomic E-state index is 0.00144. The van der Waals surface area contributed by atoms with Crippen molar-refractivity contribution in [2.75, 3.05) is 6.61 Å². The maximum absolute atomic E-state index is 12.4. The summed E-state index contributed by atoms with van der Waals surface area (Å²) in [6.07, 6.45) is 5.51. The van der Waals surface area contributed by atoms with Crippen molar-refractivity contribution in [1.82, 2.24) is 5.32 Å². The number of hydrogen-bond donors (Lipinski definition) is 2. The molecular weight excluding hydrogens is 250 g/mol. The molecule has 1 aromatic rings. The number of aliphatic hydroxyl groups is 1. The van der Waals surface area contributed by atoms with Gasteiger partial charge >= 0.3 is 0 Å². The number of rotatable bonds is 5. The average molecular weight is 273 g/mol. The molecule has 2 bridgehead atoms. The van der Waals surface area contributed by atoms with Crippen molar-refractivity contribution in [3.05, 3.63) is 35.9 Å². The predicted octanol–water partition coefficient (Wildman–Crippen LogP) is 2.14. The Morgan fingerprint density at radius 2 is 2.05 bits per heavy atom. The van der Waals surface area contributed by atoms with Crippen LogP contribution < -0.4 is 5.32 Å². The van der Waals surface area contributed by atoms with Gasteiger partial charge in [-0.05, 0) is 43.1 Å². The first kappa shape index (κ1) is 13.6. The second-order valence-corrected chi connectivity index (χ2v) is 6.36. The highest BCUT2D eigenvalue weighted by Gasteiger charge is 2.43. The minimum Gasteiger partial charge on any atom is -0.394 e. The molecule has 1 aromatic carbocycles. The molecule has 0 aliphatic heterocycles. The van der Waals surface area contributed by atoms with Crippen LogP contribution in [0.2, 0.25) is 0 Å². The molecule has 2 N–H and O–H groups in total. The number of amides is 1. The fourth-order valence-electron chi connectivity index (χ4n) is 3.93. The van der Waals surface area contributed by atoms with Crippen LogP contribution in [0.3, 0.4) is 0 Å². The molecule has 1 amide bonds. The van der Waals surface area contributed by atoms with E-state index in [0.29, 0.717) is 12.3 Å². The van der Waals surface area contributed by atoms with Crippen molar-refractivity contribution in [1.29, 1.82) is 0 Å². The van der Waals surface area contributed by atoms with Gasteiger partial charge in [-0.15, -0.1) is 0 Å². The number of fused-ring (bicyclic) bond motifs is 2. The molecule has 2 fully saturated rings. The van der Waals surface area contributed by atoms with Gasteiger partial charge in [0.25, 0.3) is 0 Å². The quantitative estimate of drug-likeness (QED) is 0.863. The zero-order chi connectivity index (χ0) is 13.9. The topological polar surface area (TPSA) is 49.3 Å². The number of hydrogen-bond acceptors (Lipinski definition) is 2. The van der Waals surface area contributed by atoms with E-state index in [1.54, 1.807) is 0 Å². The second kappa shape index (κ2) is 5.96. The maximum atomic E-state index is 12.4. The molecule has 0 heterocycles. The van der Waals surface area contributed by atoms with Crippen LogP contribution in [-0.2, 0) is 11.2 Å². The van der Waals surface area contributed by atoms with Crippen LogP contribution >= 0.6 is 0 Å². The molecular formula is C17H23NO2. The Bertz CT molecular complexity index is 459. The van der Waals surface area contributed by atoms with Gasteiger partial charge in [-0.1, -0.05) is 36.8 Å². The highest BCUT2D eigenvalue weighted by molar-refractivity contribution is 5.79. The summed E-state index contributed by atoms with van der Waals surface area (Å²) in [5.74, 6) is 1.72. The van der Waals surface area contributed by atoms with Crippen molar-refractivity contribution in [3.8, 4) is 0 Å². The molecule has 20 heavy (non-hydrogen) atoms. The molecule has 108 valence electrons. The third kappa shape index (κ3) is 2.88. The Labute approximate surface area is 120 Å². The molecule has 2 aliphatic rings. The van der Waals surface area contributed by atoms with Crippen LogP contribution in [0, 0.1) is 17.8 Å². The number of carbonyl (C=O) groups excluding carboxylic acids is 1. The van der Waals surface area contributed by atoms with Crippen molar-refractivity contribution in [3.63, 3.8) is 0 Å². The first-order valence-corrected chi connectivity index (χ1v) is 7.71. The minimum atomic E-state index is -0.163. The van der Waals surface area contributed by atoms with Gasteiger partial charge in [-0.2, -0.15) is 0 Å². The monoisotopic (exact) mass is 273 g/mol. The van der Waals surface area contributed by atoms with Crippen LogP contribution in [0.1, 0.15) is 31.2 Å². The van der Waals surface area contributed by atoms with E-state index >= 15 is 0 Å². The number of aliphatic hydroxyl groups excluding tert-OH is 1. The highest BCUT2D eigenvalue weighted by Crippen LogP contribution is 2.48. The lowest BCUT2D eigenvalue weighted by atomic mass is 9.88. The maximum Gasteiger partial charge on any atom is 0.223 e. The summed E-state index contributed by atoms with van der Waals surface area (Å²) in [4.78, 5) is 12.4. The average Bonchev–Trinajstić information content (AvgIpc) is 3.10. The summed E-state index contributed by atoms with van der Waals surface area (Å²) >= 11 is 0. The Hall–Kier alpha value is -1.35. The molecule has 0 saturated heterocycles. The van der Waals surface area contributed by atoms with Gasteiger partial charge in [-0.3, -0.25) is 4.79 Å². The normalized spacial score (nSPS) is 29.4. The van der Waals surface area contributed by atoms with E-state index in [1.165, 1.54) is 19.3 Å². The van der Waals surface area contributed by atoms with Crippen LogP contribution in [0.25, 0.3) is 0 Å². The SMILES string of the molecule is O=C(NC(CO)Cc1ccccc1)C1CC2CCC1C2. The summed E-state index contributed by atoms with van der Waals surface area (Å²) in [5, 5.41) is 12.5. The van der Waals surface area contributed by atoms with E-state index in [2.05, 4.69) is 5.32 Å². The van der Waals surface area contributed by atoms with Crippen molar-refractivity contribution in [2.45, 2.75) is 38.1 Å². The van der Waals surface area contributed by atoms with Crippen LogP contribution in [0.5, 0.6) is 0 Å². The predicted molar refractivity (Wildman–Crippen MR) is 78.1 cm³/mol. The van der Waals surface area contributed by atoms with E-state index < -0.39 is 0 Å². The lowest BCUT2D eigenvalue weighted by molar-refractivity contribution is -0.127. The van der Waals surface area contributed by atoms with Gasteiger partial charge < -0.3 is 10.4 Å². The lowest BCUT2D eigenvalue weighted by Gasteiger charge is -2.24. The highest BCUT2D eigenvalue weighted by atomic mass is 16.3. The smallest absolute Gasteiger partial charge is 0.223 e. The first-order chi connectivity index (χ1) is 9.76. The van der Waals surface area contributed by atoms with E-state index in [9.17, 15) is 9.90 Å². The van der Waals surface area contributed by atoms with Crippen LogP contribution in [-0.4, -0.2) is 23.7 Å². The van der Waals surface area contributed by atoms with Crippen molar-refractivity contribution < 1.29 is 9.90 Å². The largest absolute Gasteiger partial charge is 0.394 e. The van der Waals surface area contributed by atoms with E-state index in [-0.39, 0.29) is 24.5 Å². The zero-order valence-corrected chi connectivity index (χ0v) is 11.8. The molecule has 0 spiro atoms. The summed E-state index contributed by atoms with van der Waals surface area (Å²) in [6.45, 7) is 0.00144. The van der Waals surface area contributed by atoms with Gasteiger partial charge in [-0.25, -0.2) is 0 Å². The van der Waals surface area contributed by atoms with Crippen molar-refractivity contribution in [2.24, 2.45) is 17.8 Å². The molecule has 0 aromatic heterocycles. The van der Waals surface area contributed by atoms with Crippen molar-refractivity contribution >= 4 is 5.91 Å². The first-order valence-electron chi connectivity index (χ1n) is 7.71. The van der Waals surface area contributed by atoms with Gasteiger partial charge in [0.2, 0.25) is 5.91 Å². The zero-order valence-electron chi connectivity index (χ0n) is 11.8. The standard InChI is InChI=1S/C17H23NO2/c19-11-15(9-12-4-2-1-3-5-12)18-17(20)16-10-13-6-7-14(16)8-13/h1-5,13-16,19H,6-11H2,(H,18,20). The van der Waals surface area contributed by atoms with E-state index in [0.717, 1.165) is 17.9 Å². The summed E-state index contributed by atoms with van der Waals surface area (Å²) in [7, 11) is 0. The number of nitrogens with one attached hydrogen (secondary N) is 1. The Morgan fingerprint density at radius 3 is 2.65 bits per heavy atom. The number of carbonyl (C=O) groups is 1. The Balaban J connectivity index is 1.56. The molecule has 0 radical (unpaired) electrons. The Morgan fingerprint density at radius 1 is 1.25 bits per heavy atom. The molecule has 2 aliphatic carbocycles. The molecule has 3 heteroatoms. The fourth-order valence-corrected chi connectivity index (χ4v) is 3.93. The molecule has 2 saturated carbocycles. The third-order valence-electron chi connectivity index (χ3n) is 4.97. The summed E-state index contributed by atoms with van der Waals surface area (Å²) < 4.78 is 0. The number of benzene rings is 1. The second-order valence-electron chi connectivity index (χ2n) is 6.36. The molecule has 4 atom stereocenters. The lowest BCUT2D eigenvalue weighted by Crippen LogP contribution is -2.43. The third-order valence-corrected chi connectivity index (χ3v) is 4.97. The Kier molecular flexibility index (Phi) is 4.06. The van der Waals surface area contributed by atoms with Crippen LogP contribution in [0.4, 0.5) is 0 Å². The van der Waals surface area contributed by atoms with Gasteiger partial charge in [0.15, 0.2) is 0 Å². The van der Waals surface area contributed by atoms with Gasteiger partial charge in [0.1, 0.15) is 0 Å². The van der Waals surface area contributed by atoms with Crippen LogP contribution in [0.15, 0.2) is 30.3 Å².